The van der Waals surface area contributed by atoms with Gasteiger partial charge in [0, 0.05) is 33.7 Å². The molecule has 1 saturated heterocycles. The van der Waals surface area contributed by atoms with E-state index in [1.54, 1.807) is 0 Å². The Morgan fingerprint density at radius 1 is 1.15 bits per heavy atom. The van der Waals surface area contributed by atoms with Crippen molar-refractivity contribution < 1.29 is 13.5 Å². The van der Waals surface area contributed by atoms with Gasteiger partial charge in [0.15, 0.2) is 0 Å². The number of ether oxygens (including phenoxy) is 1. The van der Waals surface area contributed by atoms with Gasteiger partial charge < -0.3 is 10.5 Å². The molecule has 0 amide bonds. The number of anilines is 1. The molecule has 2 bridgehead atoms. The molecule has 33 heavy (non-hydrogen) atoms. The van der Waals surface area contributed by atoms with Crippen LogP contribution in [0.1, 0.15) is 50.8 Å². The zero-order chi connectivity index (χ0) is 22.6. The van der Waals surface area contributed by atoms with Gasteiger partial charge in [-0.15, -0.1) is 24.8 Å². The summed E-state index contributed by atoms with van der Waals surface area (Å²) >= 11 is 3.59. The molecule has 1 aliphatic heterocycles. The third-order valence-electron chi connectivity index (χ3n) is 7.96. The molecule has 2 aromatic carbocycles. The van der Waals surface area contributed by atoms with Gasteiger partial charge >= 0.3 is 0 Å². The Kier molecular flexibility index (Phi) is 8.90. The summed E-state index contributed by atoms with van der Waals surface area (Å²) in [5.41, 5.74) is 10.0. The molecule has 1 heterocycles. The van der Waals surface area contributed by atoms with E-state index in [1.165, 1.54) is 29.3 Å². The molecule has 3 unspecified atom stereocenters. The Bertz CT molecular complexity index is 986. The molecule has 2 aliphatic rings. The maximum atomic E-state index is 13.9. The Morgan fingerprint density at radius 3 is 2.42 bits per heavy atom. The first-order valence-electron chi connectivity index (χ1n) is 10.9. The first-order chi connectivity index (χ1) is 14.6. The summed E-state index contributed by atoms with van der Waals surface area (Å²) in [6, 6.07) is 8.52. The smallest absolute Gasteiger partial charge is 0.131 e. The van der Waals surface area contributed by atoms with E-state index in [4.69, 9.17) is 10.5 Å². The second-order valence-corrected chi connectivity index (χ2v) is 10.7. The normalized spacial score (nSPS) is 24.3. The molecule has 3 nitrogen and oxygen atoms in total. The fourth-order valence-corrected chi connectivity index (χ4v) is 5.97. The van der Waals surface area contributed by atoms with E-state index in [1.807, 2.05) is 6.92 Å². The van der Waals surface area contributed by atoms with Gasteiger partial charge in [0.2, 0.25) is 0 Å². The number of piperidine rings is 1. The van der Waals surface area contributed by atoms with E-state index >= 15 is 0 Å². The average Bonchev–Trinajstić information content (AvgIpc) is 2.69. The summed E-state index contributed by atoms with van der Waals surface area (Å²) in [6.45, 7) is 10.6. The second-order valence-electron chi connectivity index (χ2n) is 9.83. The van der Waals surface area contributed by atoms with E-state index in [0.29, 0.717) is 12.6 Å². The lowest BCUT2D eigenvalue weighted by molar-refractivity contribution is -0.0651. The lowest BCUT2D eigenvalue weighted by Gasteiger charge is -2.61. The zero-order valence-electron chi connectivity index (χ0n) is 19.5. The molecule has 3 atom stereocenters. The van der Waals surface area contributed by atoms with Gasteiger partial charge in [-0.2, -0.15) is 0 Å². The summed E-state index contributed by atoms with van der Waals surface area (Å²) in [7, 11) is 0. The number of benzene rings is 2. The van der Waals surface area contributed by atoms with E-state index in [0.717, 1.165) is 29.5 Å². The minimum atomic E-state index is -0.563. The highest BCUT2D eigenvalue weighted by atomic mass is 79.9. The predicted molar refractivity (Wildman–Crippen MR) is 138 cm³/mol. The maximum Gasteiger partial charge on any atom is 0.131 e. The van der Waals surface area contributed by atoms with Gasteiger partial charge in [0.05, 0.1) is 12.7 Å². The SMILES string of the molecule is CC(CN1CCC2(C)c3ccc(Br)c(N)c3CC1C2(C)C)OCc1c(F)cccc1F.Cl.Cl. The zero-order valence-corrected chi connectivity index (χ0v) is 22.7. The molecule has 2 N–H and O–H groups in total. The maximum absolute atomic E-state index is 13.9. The predicted octanol–water partition coefficient (Wildman–Crippen LogP) is 6.67. The molecule has 0 spiro atoms. The fraction of sp³-hybridized carbons (Fsp3) is 0.520. The van der Waals surface area contributed by atoms with Crippen LogP contribution in [0.2, 0.25) is 0 Å². The third-order valence-corrected chi connectivity index (χ3v) is 8.65. The number of likely N-dealkylation sites (tertiary alicyclic amines) is 1. The fourth-order valence-electron chi connectivity index (χ4n) is 5.60. The number of hydrogen-bond acceptors (Lipinski definition) is 3. The standard InChI is InChI=1S/C25H31BrF2N2O.2ClH/c1-15(31-14-17-20(27)6-5-7-21(17)28)13-30-11-10-25(4)18-8-9-19(26)23(29)16(18)12-22(30)24(25,2)3;;/h5-9,15,22H,10-14,29H2,1-4H3;2*1H. The van der Waals surface area contributed by atoms with Crippen LogP contribution in [0.4, 0.5) is 14.5 Å². The van der Waals surface area contributed by atoms with Gasteiger partial charge in [-0.3, -0.25) is 4.90 Å². The Labute approximate surface area is 216 Å². The molecule has 184 valence electrons. The van der Waals surface area contributed by atoms with Crippen molar-refractivity contribution >= 4 is 46.4 Å². The van der Waals surface area contributed by atoms with Crippen LogP contribution < -0.4 is 5.73 Å². The Balaban J connectivity index is 0.00000193. The number of nitrogens with two attached hydrogens (primary N) is 1. The van der Waals surface area contributed by atoms with Crippen LogP contribution in [0.3, 0.4) is 0 Å². The van der Waals surface area contributed by atoms with Crippen LogP contribution in [-0.2, 0) is 23.2 Å². The number of nitrogens with zero attached hydrogens (tertiary/aromatic N) is 1. The van der Waals surface area contributed by atoms with Crippen LogP contribution in [-0.4, -0.2) is 30.1 Å². The van der Waals surface area contributed by atoms with Crippen molar-refractivity contribution in [3.05, 3.63) is 63.1 Å². The molecule has 4 rings (SSSR count). The topological polar surface area (TPSA) is 38.5 Å². The number of fused-ring (bicyclic) bond motifs is 4. The highest BCUT2D eigenvalue weighted by Crippen LogP contribution is 2.57. The van der Waals surface area contributed by atoms with Crippen LogP contribution in [0.5, 0.6) is 0 Å². The number of hydrogen-bond donors (Lipinski definition) is 1. The lowest BCUT2D eigenvalue weighted by atomic mass is 9.51. The first-order valence-corrected chi connectivity index (χ1v) is 11.7. The summed E-state index contributed by atoms with van der Waals surface area (Å²) in [5, 5.41) is 0. The van der Waals surface area contributed by atoms with Crippen LogP contribution in [0.15, 0.2) is 34.8 Å². The summed E-state index contributed by atoms with van der Waals surface area (Å²) in [5.74, 6) is -1.13. The molecular weight excluding hydrogens is 533 g/mol. The minimum absolute atomic E-state index is 0. The van der Waals surface area contributed by atoms with Crippen LogP contribution in [0, 0.1) is 17.0 Å². The average molecular weight is 566 g/mol. The van der Waals surface area contributed by atoms with Crippen molar-refractivity contribution in [2.45, 2.75) is 64.7 Å². The van der Waals surface area contributed by atoms with Gasteiger partial charge in [-0.1, -0.05) is 32.9 Å². The van der Waals surface area contributed by atoms with Crippen molar-refractivity contribution in [3.8, 4) is 0 Å². The summed E-state index contributed by atoms with van der Waals surface area (Å²) < 4.78 is 34.7. The molecule has 0 aromatic heterocycles. The molecule has 2 aromatic rings. The monoisotopic (exact) mass is 564 g/mol. The van der Waals surface area contributed by atoms with Crippen molar-refractivity contribution in [3.63, 3.8) is 0 Å². The minimum Gasteiger partial charge on any atom is -0.398 e. The van der Waals surface area contributed by atoms with E-state index < -0.39 is 11.6 Å². The van der Waals surface area contributed by atoms with Gasteiger partial charge in [-0.05, 0) is 77.0 Å². The molecule has 1 fully saturated rings. The van der Waals surface area contributed by atoms with Crippen LogP contribution in [0.25, 0.3) is 0 Å². The highest BCUT2D eigenvalue weighted by molar-refractivity contribution is 9.10. The third kappa shape index (κ3) is 4.79. The summed E-state index contributed by atoms with van der Waals surface area (Å²) in [6.07, 6.45) is 1.76. The highest BCUT2D eigenvalue weighted by Gasteiger charge is 2.56. The summed E-state index contributed by atoms with van der Waals surface area (Å²) in [4.78, 5) is 2.48. The quantitative estimate of drug-likeness (QED) is 0.411. The van der Waals surface area contributed by atoms with Crippen molar-refractivity contribution in [1.29, 1.82) is 0 Å². The van der Waals surface area contributed by atoms with Gasteiger partial charge in [0.25, 0.3) is 0 Å². The molecular formula is C25H33BrCl2F2N2O. The van der Waals surface area contributed by atoms with E-state index in [-0.39, 0.29) is 53.9 Å². The molecule has 1 aliphatic carbocycles. The number of rotatable bonds is 5. The molecule has 0 saturated carbocycles. The number of nitrogen functional groups attached to an aromatic ring is 1. The Morgan fingerprint density at radius 2 is 1.79 bits per heavy atom. The van der Waals surface area contributed by atoms with E-state index in [2.05, 4.69) is 53.7 Å². The van der Waals surface area contributed by atoms with Crippen molar-refractivity contribution in [2.75, 3.05) is 18.8 Å². The van der Waals surface area contributed by atoms with Crippen molar-refractivity contribution in [2.24, 2.45) is 5.41 Å². The Hall–Kier alpha value is -0.920. The van der Waals surface area contributed by atoms with Crippen molar-refractivity contribution in [1.82, 2.24) is 4.90 Å². The number of halogens is 5. The lowest BCUT2D eigenvalue weighted by Crippen LogP contribution is -2.64. The molecule has 0 radical (unpaired) electrons. The van der Waals surface area contributed by atoms with E-state index in [9.17, 15) is 8.78 Å². The van der Waals surface area contributed by atoms with Gasteiger partial charge in [-0.25, -0.2) is 8.78 Å². The van der Waals surface area contributed by atoms with Crippen LogP contribution >= 0.6 is 40.7 Å². The molecule has 8 heteroatoms. The first kappa shape index (κ1) is 28.3. The second kappa shape index (κ2) is 10.4. The largest absolute Gasteiger partial charge is 0.398 e. The van der Waals surface area contributed by atoms with Gasteiger partial charge in [0.1, 0.15) is 11.6 Å².